The molecule has 128 valence electrons. The lowest BCUT2D eigenvalue weighted by Gasteiger charge is -2.15. The van der Waals surface area contributed by atoms with Gasteiger partial charge < -0.3 is 24.8 Å². The molecule has 2 aromatic carbocycles. The van der Waals surface area contributed by atoms with E-state index >= 15 is 0 Å². The Labute approximate surface area is 155 Å². The van der Waals surface area contributed by atoms with Crippen molar-refractivity contribution in [2.45, 2.75) is 6.54 Å². The minimum Gasteiger partial charge on any atom is -0.493 e. The van der Waals surface area contributed by atoms with E-state index in [1.54, 1.807) is 21.3 Å². The first kappa shape index (κ1) is 18.4. The number of methoxy groups -OCH3 is 3. The molecule has 0 aliphatic rings. The van der Waals surface area contributed by atoms with E-state index in [0.29, 0.717) is 28.9 Å². The van der Waals surface area contributed by atoms with Crippen molar-refractivity contribution < 1.29 is 14.2 Å². The zero-order valence-electron chi connectivity index (χ0n) is 13.7. The number of rotatable bonds is 6. The molecule has 0 aromatic heterocycles. The van der Waals surface area contributed by atoms with Gasteiger partial charge in [-0.2, -0.15) is 0 Å². The van der Waals surface area contributed by atoms with E-state index in [0.717, 1.165) is 15.7 Å². The third kappa shape index (κ3) is 4.75. The highest BCUT2D eigenvalue weighted by molar-refractivity contribution is 9.10. The molecule has 0 amide bonds. The van der Waals surface area contributed by atoms with E-state index in [1.165, 1.54) is 0 Å². The summed E-state index contributed by atoms with van der Waals surface area (Å²) < 4.78 is 17.0. The van der Waals surface area contributed by atoms with Crippen molar-refractivity contribution in [3.63, 3.8) is 0 Å². The first-order valence-electron chi connectivity index (χ1n) is 7.16. The molecule has 7 heteroatoms. The summed E-state index contributed by atoms with van der Waals surface area (Å²) in [6.45, 7) is 0.524. The highest BCUT2D eigenvalue weighted by Crippen LogP contribution is 2.38. The molecule has 5 nitrogen and oxygen atoms in total. The second kappa shape index (κ2) is 8.75. The summed E-state index contributed by atoms with van der Waals surface area (Å²) in [5, 5.41) is 6.83. The standard InChI is InChI=1S/C17H19BrN2O3S/c1-21-14-7-11(8-15(22-2)16(14)23-3)10-19-17(24)20-13-6-4-5-12(18)9-13/h4-9H,10H2,1-3H3,(H2,19,20,24). The third-order valence-corrected chi connectivity index (χ3v) is 4.00. The fourth-order valence-corrected chi connectivity index (χ4v) is 2.75. The molecule has 0 aliphatic heterocycles. The highest BCUT2D eigenvalue weighted by Gasteiger charge is 2.13. The summed E-state index contributed by atoms with van der Waals surface area (Å²) in [6.07, 6.45) is 0. The molecule has 0 bridgehead atoms. The average Bonchev–Trinajstić information content (AvgIpc) is 2.58. The van der Waals surface area contributed by atoms with Crippen LogP contribution in [0.15, 0.2) is 40.9 Å². The van der Waals surface area contributed by atoms with Crippen LogP contribution in [-0.4, -0.2) is 26.4 Å². The van der Waals surface area contributed by atoms with Gasteiger partial charge in [-0.1, -0.05) is 22.0 Å². The maximum absolute atomic E-state index is 5.35. The van der Waals surface area contributed by atoms with Crippen molar-refractivity contribution >= 4 is 38.9 Å². The minimum atomic E-state index is 0.524. The van der Waals surface area contributed by atoms with E-state index in [4.69, 9.17) is 26.4 Å². The van der Waals surface area contributed by atoms with Gasteiger partial charge >= 0.3 is 0 Å². The Balaban J connectivity index is 2.04. The second-order valence-electron chi connectivity index (χ2n) is 4.85. The quantitative estimate of drug-likeness (QED) is 0.702. The van der Waals surface area contributed by atoms with Crippen LogP contribution in [0, 0.1) is 0 Å². The van der Waals surface area contributed by atoms with Crippen LogP contribution in [-0.2, 0) is 6.54 Å². The van der Waals surface area contributed by atoms with Gasteiger partial charge in [0.05, 0.1) is 21.3 Å². The normalized spacial score (nSPS) is 10.0. The SMILES string of the molecule is COc1cc(CNC(=S)Nc2cccc(Br)c2)cc(OC)c1OC. The van der Waals surface area contributed by atoms with E-state index in [-0.39, 0.29) is 0 Å². The van der Waals surface area contributed by atoms with Crippen LogP contribution < -0.4 is 24.8 Å². The largest absolute Gasteiger partial charge is 0.493 e. The van der Waals surface area contributed by atoms with Gasteiger partial charge in [-0.15, -0.1) is 0 Å². The van der Waals surface area contributed by atoms with Crippen molar-refractivity contribution in [1.82, 2.24) is 5.32 Å². The van der Waals surface area contributed by atoms with Gasteiger partial charge in [0.1, 0.15) is 0 Å². The summed E-state index contributed by atoms with van der Waals surface area (Å²) in [4.78, 5) is 0. The van der Waals surface area contributed by atoms with Crippen molar-refractivity contribution in [2.24, 2.45) is 0 Å². The van der Waals surface area contributed by atoms with Crippen LogP contribution in [0.1, 0.15) is 5.56 Å². The Morgan fingerprint density at radius 1 is 1.04 bits per heavy atom. The summed E-state index contributed by atoms with van der Waals surface area (Å²) in [5.41, 5.74) is 1.87. The third-order valence-electron chi connectivity index (χ3n) is 3.26. The summed E-state index contributed by atoms with van der Waals surface area (Å²) in [6, 6.07) is 11.6. The summed E-state index contributed by atoms with van der Waals surface area (Å²) in [5.74, 6) is 1.79. The Bertz CT molecular complexity index is 700. The van der Waals surface area contributed by atoms with Gasteiger partial charge in [-0.05, 0) is 48.1 Å². The van der Waals surface area contributed by atoms with E-state index < -0.39 is 0 Å². The Hall–Kier alpha value is -1.99. The van der Waals surface area contributed by atoms with Crippen LogP contribution in [0.25, 0.3) is 0 Å². The van der Waals surface area contributed by atoms with E-state index in [1.807, 2.05) is 36.4 Å². The fourth-order valence-electron chi connectivity index (χ4n) is 2.16. The zero-order valence-corrected chi connectivity index (χ0v) is 16.1. The maximum Gasteiger partial charge on any atom is 0.203 e. The number of thiocarbonyl (C=S) groups is 1. The van der Waals surface area contributed by atoms with Crippen molar-refractivity contribution in [3.05, 3.63) is 46.4 Å². The number of hydrogen-bond acceptors (Lipinski definition) is 4. The molecule has 0 saturated carbocycles. The number of nitrogens with one attached hydrogen (secondary N) is 2. The van der Waals surface area contributed by atoms with E-state index in [9.17, 15) is 0 Å². The van der Waals surface area contributed by atoms with Crippen LogP contribution in [0.2, 0.25) is 0 Å². The Kier molecular flexibility index (Phi) is 6.69. The van der Waals surface area contributed by atoms with E-state index in [2.05, 4.69) is 26.6 Å². The number of ether oxygens (including phenoxy) is 3. The van der Waals surface area contributed by atoms with Crippen molar-refractivity contribution in [1.29, 1.82) is 0 Å². The minimum absolute atomic E-state index is 0.524. The molecule has 2 N–H and O–H groups in total. The molecular weight excluding hydrogens is 392 g/mol. The zero-order chi connectivity index (χ0) is 17.5. The van der Waals surface area contributed by atoms with Crippen LogP contribution >= 0.6 is 28.1 Å². The van der Waals surface area contributed by atoms with Gasteiger partial charge in [0.2, 0.25) is 5.75 Å². The van der Waals surface area contributed by atoms with Crippen molar-refractivity contribution in [2.75, 3.05) is 26.6 Å². The Morgan fingerprint density at radius 2 is 1.71 bits per heavy atom. The predicted octanol–water partition coefficient (Wildman–Crippen LogP) is 3.96. The monoisotopic (exact) mass is 410 g/mol. The van der Waals surface area contributed by atoms with Crippen molar-refractivity contribution in [3.8, 4) is 17.2 Å². The number of halogens is 1. The Morgan fingerprint density at radius 3 is 2.25 bits per heavy atom. The molecule has 2 aromatic rings. The van der Waals surface area contributed by atoms with Gasteiger partial charge in [0, 0.05) is 16.7 Å². The molecule has 0 aliphatic carbocycles. The molecule has 0 unspecified atom stereocenters. The number of hydrogen-bond donors (Lipinski definition) is 2. The second-order valence-corrected chi connectivity index (χ2v) is 6.18. The van der Waals surface area contributed by atoms with Gasteiger partial charge in [0.15, 0.2) is 16.6 Å². The molecule has 0 spiro atoms. The van der Waals surface area contributed by atoms with Crippen LogP contribution in [0.5, 0.6) is 17.2 Å². The number of benzene rings is 2. The van der Waals surface area contributed by atoms with Crippen LogP contribution in [0.4, 0.5) is 5.69 Å². The maximum atomic E-state index is 5.35. The molecule has 2 rings (SSSR count). The highest BCUT2D eigenvalue weighted by atomic mass is 79.9. The molecule has 0 saturated heterocycles. The van der Waals surface area contributed by atoms with Gasteiger partial charge in [-0.25, -0.2) is 0 Å². The van der Waals surface area contributed by atoms with Gasteiger partial charge in [-0.3, -0.25) is 0 Å². The fraction of sp³-hybridized carbons (Fsp3) is 0.235. The number of anilines is 1. The first-order chi connectivity index (χ1) is 11.6. The lowest BCUT2D eigenvalue weighted by molar-refractivity contribution is 0.323. The topological polar surface area (TPSA) is 51.8 Å². The lowest BCUT2D eigenvalue weighted by atomic mass is 10.2. The first-order valence-corrected chi connectivity index (χ1v) is 8.36. The average molecular weight is 411 g/mol. The predicted molar refractivity (Wildman–Crippen MR) is 103 cm³/mol. The molecule has 0 fully saturated rings. The molecule has 0 heterocycles. The molecule has 0 radical (unpaired) electrons. The molecule has 24 heavy (non-hydrogen) atoms. The molecular formula is C17H19BrN2O3S. The smallest absolute Gasteiger partial charge is 0.203 e. The summed E-state index contributed by atoms with van der Waals surface area (Å²) in [7, 11) is 4.76. The van der Waals surface area contributed by atoms with Crippen LogP contribution in [0.3, 0.4) is 0 Å². The van der Waals surface area contributed by atoms with Gasteiger partial charge in [0.25, 0.3) is 0 Å². The molecule has 0 atom stereocenters. The lowest BCUT2D eigenvalue weighted by Crippen LogP contribution is -2.27. The summed E-state index contributed by atoms with van der Waals surface area (Å²) >= 11 is 8.75.